The fourth-order valence-electron chi connectivity index (χ4n) is 8.80. The van der Waals surface area contributed by atoms with Crippen molar-refractivity contribution in [3.8, 4) is 5.75 Å². The van der Waals surface area contributed by atoms with Crippen molar-refractivity contribution in [2.75, 3.05) is 61.5 Å². The number of carboxylic acids is 1. The standard InChI is InChI=1S/C27H30ClNO4.C8H16N2.C7H15NO2S.CH3I/c1-2-24(30)21-8-5-19(21)14-29-15-27(11-3-4-17-12-20(28)7-9-22(17)27)16-33-25-10-6-18(26(31)32)13-23(25)29;1-2-5-10-6-4-9-7-8(10)3-1;1-4-6(2)7(3)5-11(8,9)10;1-2/h2,6-7,9-10,12-13,19,21,24,30H,1,3-5,8,11,14-16H2,(H,31,32);8-9H,1-7H2;4,6-7H,1,5H2,2-3H3,(H2,8,9,10);1H3/t19-,21+,24-,27-;8-;6-,7+;/m010./s1. The maximum absolute atomic E-state index is 11.7. The molecule has 7 rings (SSSR count). The number of sulfonamides is 1. The van der Waals surface area contributed by atoms with Crippen molar-refractivity contribution in [1.82, 2.24) is 10.2 Å². The van der Waals surface area contributed by atoms with Crippen LogP contribution in [0.5, 0.6) is 5.75 Å². The van der Waals surface area contributed by atoms with Gasteiger partial charge in [0.25, 0.3) is 0 Å². The van der Waals surface area contributed by atoms with Gasteiger partial charge in [-0.3, -0.25) is 4.90 Å². The molecule has 5 aliphatic rings. The van der Waals surface area contributed by atoms with Crippen molar-refractivity contribution in [3.05, 3.63) is 83.4 Å². The Hall–Kier alpha value is -2.20. The first-order valence-electron chi connectivity index (χ1n) is 20.0. The van der Waals surface area contributed by atoms with Gasteiger partial charge in [-0.15, -0.1) is 13.2 Å². The lowest BCUT2D eigenvalue weighted by molar-refractivity contribution is 0.0460. The summed E-state index contributed by atoms with van der Waals surface area (Å²) in [6, 6.07) is 12.2. The number of aryl methyl sites for hydroxylation is 1. The molecule has 3 aliphatic heterocycles. The zero-order chi connectivity index (χ0) is 41.0. The molecule has 0 amide bonds. The number of allylic oxidation sites excluding steroid dienone is 1. The molecule has 10 nitrogen and oxygen atoms in total. The maximum Gasteiger partial charge on any atom is 0.335 e. The highest BCUT2D eigenvalue weighted by Gasteiger charge is 2.44. The minimum absolute atomic E-state index is 0.0280. The predicted octanol–water partition coefficient (Wildman–Crippen LogP) is 7.31. The molecule has 0 aromatic heterocycles. The summed E-state index contributed by atoms with van der Waals surface area (Å²) in [7, 11) is -3.33. The molecule has 56 heavy (non-hydrogen) atoms. The lowest BCUT2D eigenvalue weighted by Crippen LogP contribution is -2.53. The SMILES string of the molecule is C1CCN2CCNC[C@H]2C1.C=C[C@H](C)[C@H](C)CS(N)(=O)=O.C=C[C@H](O)[C@@H]1CC[C@H]1CN1C[C@@]2(CCCc3cc(Cl)ccc32)COc2ccc(C(=O)O)cc21.CI. The fourth-order valence-corrected chi connectivity index (χ4v) is 10.0. The Labute approximate surface area is 354 Å². The maximum atomic E-state index is 11.7. The number of nitrogens with zero attached hydrogens (tertiary/aromatic N) is 2. The third-order valence-corrected chi connectivity index (χ3v) is 13.6. The number of aromatic carboxylic acids is 1. The number of benzene rings is 2. The van der Waals surface area contributed by atoms with Crippen molar-refractivity contribution in [1.29, 1.82) is 0 Å². The Morgan fingerprint density at radius 1 is 1.11 bits per heavy atom. The van der Waals surface area contributed by atoms with E-state index in [1.807, 2.05) is 24.8 Å². The Morgan fingerprint density at radius 3 is 2.52 bits per heavy atom. The van der Waals surface area contributed by atoms with Crippen molar-refractivity contribution >= 4 is 55.9 Å². The van der Waals surface area contributed by atoms with Crippen LogP contribution in [0.4, 0.5) is 5.69 Å². The summed E-state index contributed by atoms with van der Waals surface area (Å²) >= 11 is 8.46. The smallest absolute Gasteiger partial charge is 0.335 e. The second-order valence-electron chi connectivity index (χ2n) is 16.1. The summed E-state index contributed by atoms with van der Waals surface area (Å²) in [5, 5.41) is 29.1. The van der Waals surface area contributed by atoms with Gasteiger partial charge in [-0.2, -0.15) is 0 Å². The largest absolute Gasteiger partial charge is 0.490 e. The Balaban J connectivity index is 0.000000246. The number of alkyl halides is 1. The van der Waals surface area contributed by atoms with E-state index in [4.69, 9.17) is 21.5 Å². The molecule has 312 valence electrons. The quantitative estimate of drug-likeness (QED) is 0.116. The summed E-state index contributed by atoms with van der Waals surface area (Å²) in [5.74, 6) is 0.543. The molecule has 0 bridgehead atoms. The monoisotopic (exact) mass is 926 g/mol. The van der Waals surface area contributed by atoms with Crippen molar-refractivity contribution in [2.45, 2.75) is 82.8 Å². The molecule has 3 heterocycles. The van der Waals surface area contributed by atoms with Crippen LogP contribution in [-0.2, 0) is 21.9 Å². The second-order valence-corrected chi connectivity index (χ2v) is 18.2. The summed E-state index contributed by atoms with van der Waals surface area (Å²) in [6.07, 6.45) is 12.2. The molecule has 1 saturated carbocycles. The van der Waals surface area contributed by atoms with Gasteiger partial charge < -0.3 is 25.2 Å². The molecule has 2 aromatic rings. The number of fused-ring (bicyclic) bond motifs is 4. The number of rotatable bonds is 9. The van der Waals surface area contributed by atoms with Crippen LogP contribution in [-0.4, -0.2) is 98.2 Å². The Kier molecular flexibility index (Phi) is 18.0. The fraction of sp³-hybridized carbons (Fsp3) is 0.605. The Bertz CT molecular complexity index is 1710. The van der Waals surface area contributed by atoms with E-state index < -0.39 is 22.1 Å². The number of aliphatic hydroxyl groups excluding tert-OH is 1. The van der Waals surface area contributed by atoms with Gasteiger partial charge in [0.15, 0.2) is 0 Å². The number of carboxylic acid groups (broad SMARTS) is 1. The van der Waals surface area contributed by atoms with Crippen LogP contribution in [0.3, 0.4) is 0 Å². The Morgan fingerprint density at radius 2 is 1.88 bits per heavy atom. The third-order valence-electron chi connectivity index (χ3n) is 12.4. The first-order valence-corrected chi connectivity index (χ1v) is 24.3. The van der Waals surface area contributed by atoms with Crippen LogP contribution in [0.25, 0.3) is 0 Å². The van der Waals surface area contributed by atoms with E-state index in [1.54, 1.807) is 30.4 Å². The summed E-state index contributed by atoms with van der Waals surface area (Å²) in [5.41, 5.74) is 3.44. The van der Waals surface area contributed by atoms with Gasteiger partial charge in [0, 0.05) is 49.2 Å². The van der Waals surface area contributed by atoms with E-state index in [0.717, 1.165) is 67.7 Å². The number of carbonyl (C=O) groups is 1. The number of primary sulfonamides is 1. The van der Waals surface area contributed by atoms with E-state index in [1.165, 1.54) is 56.6 Å². The lowest BCUT2D eigenvalue weighted by atomic mass is 9.68. The molecule has 3 fully saturated rings. The van der Waals surface area contributed by atoms with Gasteiger partial charge in [0.05, 0.1) is 29.7 Å². The summed E-state index contributed by atoms with van der Waals surface area (Å²) < 4.78 is 27.6. The average molecular weight is 927 g/mol. The number of anilines is 1. The van der Waals surface area contributed by atoms with E-state index in [0.29, 0.717) is 12.5 Å². The number of ether oxygens (including phenoxy) is 1. The number of nitrogens with two attached hydrogens (primary N) is 1. The number of aliphatic hydroxyl groups is 1. The van der Waals surface area contributed by atoms with E-state index in [2.05, 4.69) is 63.0 Å². The molecule has 5 N–H and O–H groups in total. The van der Waals surface area contributed by atoms with Gasteiger partial charge in [-0.05, 0) is 122 Å². The highest BCUT2D eigenvalue weighted by molar-refractivity contribution is 14.1. The molecule has 7 atom stereocenters. The minimum atomic E-state index is -3.33. The first-order chi connectivity index (χ1) is 26.7. The average Bonchev–Trinajstić information content (AvgIpc) is 3.33. The molecule has 0 unspecified atom stereocenters. The zero-order valence-corrected chi connectivity index (χ0v) is 37.2. The van der Waals surface area contributed by atoms with Gasteiger partial charge >= 0.3 is 5.97 Å². The van der Waals surface area contributed by atoms with Crippen LogP contribution in [0, 0.1) is 23.7 Å². The van der Waals surface area contributed by atoms with Crippen molar-refractivity contribution in [2.24, 2.45) is 28.8 Å². The molecule has 1 spiro atoms. The number of piperazine rings is 1. The van der Waals surface area contributed by atoms with E-state index in [9.17, 15) is 23.4 Å². The molecule has 13 heteroatoms. The number of hydrogen-bond donors (Lipinski definition) is 4. The van der Waals surface area contributed by atoms with Gasteiger partial charge in [0.2, 0.25) is 10.0 Å². The number of hydrogen-bond acceptors (Lipinski definition) is 8. The normalized spacial score (nSPS) is 25.7. The van der Waals surface area contributed by atoms with Crippen molar-refractivity contribution in [3.63, 3.8) is 0 Å². The number of nitrogens with one attached hydrogen (secondary N) is 1. The molecular formula is C43H64ClIN4O6S. The molecule has 2 aromatic carbocycles. The lowest BCUT2D eigenvalue weighted by Gasteiger charge is -2.45. The number of piperidine rings is 1. The van der Waals surface area contributed by atoms with E-state index in [-0.39, 0.29) is 34.5 Å². The molecular weight excluding hydrogens is 863 g/mol. The van der Waals surface area contributed by atoms with Gasteiger partial charge in [0.1, 0.15) is 5.75 Å². The zero-order valence-electron chi connectivity index (χ0n) is 33.5. The van der Waals surface area contributed by atoms with Gasteiger partial charge in [-0.1, -0.05) is 72.7 Å². The van der Waals surface area contributed by atoms with Gasteiger partial charge in [-0.25, -0.2) is 18.4 Å². The summed E-state index contributed by atoms with van der Waals surface area (Å²) in [6.45, 7) is 18.2. The van der Waals surface area contributed by atoms with Crippen LogP contribution in [0.1, 0.15) is 80.3 Å². The highest BCUT2D eigenvalue weighted by atomic mass is 127. The first kappa shape index (κ1) is 46.5. The summed E-state index contributed by atoms with van der Waals surface area (Å²) in [4.78, 5) is 18.6. The highest BCUT2D eigenvalue weighted by Crippen LogP contribution is 2.46. The van der Waals surface area contributed by atoms with Crippen molar-refractivity contribution < 1.29 is 28.2 Å². The molecule has 0 radical (unpaired) electrons. The number of halogens is 2. The molecule has 2 aliphatic carbocycles. The topological polar surface area (TPSA) is 145 Å². The van der Waals surface area contributed by atoms with E-state index >= 15 is 0 Å². The van der Waals surface area contributed by atoms with Crippen LogP contribution < -0.4 is 20.1 Å². The second kappa shape index (κ2) is 21.7. The third kappa shape index (κ3) is 12.4. The van der Waals surface area contributed by atoms with Crippen LogP contribution in [0.2, 0.25) is 5.02 Å². The predicted molar refractivity (Wildman–Crippen MR) is 238 cm³/mol. The molecule has 2 saturated heterocycles. The minimum Gasteiger partial charge on any atom is -0.490 e. The van der Waals surface area contributed by atoms with Crippen LogP contribution >= 0.6 is 34.2 Å². The van der Waals surface area contributed by atoms with Crippen LogP contribution in [0.15, 0.2) is 61.7 Å².